The third kappa shape index (κ3) is 5.52. The molecule has 0 unspecified atom stereocenters. The fraction of sp³-hybridized carbons (Fsp3) is 0.174. The van der Waals surface area contributed by atoms with Gasteiger partial charge in [-0.2, -0.15) is 5.26 Å². The first-order chi connectivity index (χ1) is 14.6. The smallest absolute Gasteiger partial charge is 0.338 e. The number of unbranched alkanes of at least 4 members (excludes halogenated alkanes) is 1. The van der Waals surface area contributed by atoms with Crippen molar-refractivity contribution in [2.24, 2.45) is 0 Å². The minimum atomic E-state index is -0.348. The summed E-state index contributed by atoms with van der Waals surface area (Å²) in [7, 11) is 0. The number of nitriles is 1. The van der Waals surface area contributed by atoms with Gasteiger partial charge in [0, 0.05) is 22.8 Å². The Bertz CT molecular complexity index is 1070. The van der Waals surface area contributed by atoms with Gasteiger partial charge >= 0.3 is 5.97 Å². The number of hydrogen-bond acceptors (Lipinski definition) is 6. The number of nitrogens with one attached hydrogen (secondary N) is 1. The van der Waals surface area contributed by atoms with Crippen LogP contribution in [0.15, 0.2) is 60.1 Å². The Morgan fingerprint density at radius 3 is 2.63 bits per heavy atom. The molecule has 0 fully saturated rings. The number of nitrogens with zero attached hydrogens (tertiary/aromatic N) is 2. The largest absolute Gasteiger partial charge is 0.462 e. The number of allylic oxidation sites excluding steroid dienone is 1. The van der Waals surface area contributed by atoms with E-state index in [1.807, 2.05) is 12.3 Å². The zero-order valence-corrected chi connectivity index (χ0v) is 17.2. The van der Waals surface area contributed by atoms with Crippen LogP contribution in [0, 0.1) is 17.1 Å². The van der Waals surface area contributed by atoms with Gasteiger partial charge in [0.2, 0.25) is 0 Å². The molecular weight excluding hydrogens is 401 g/mol. The van der Waals surface area contributed by atoms with Crippen LogP contribution in [0.25, 0.3) is 16.8 Å². The topological polar surface area (TPSA) is 75.0 Å². The Balaban J connectivity index is 1.66. The van der Waals surface area contributed by atoms with Gasteiger partial charge < -0.3 is 10.1 Å². The number of carbonyl (C=O) groups excluding carboxylic acids is 1. The maximum Gasteiger partial charge on any atom is 0.338 e. The third-order valence-corrected chi connectivity index (χ3v) is 5.11. The number of aromatic nitrogens is 1. The van der Waals surface area contributed by atoms with Gasteiger partial charge in [-0.05, 0) is 55.0 Å². The zero-order chi connectivity index (χ0) is 21.3. The number of ether oxygens (including phenoxy) is 1. The van der Waals surface area contributed by atoms with Gasteiger partial charge in [-0.25, -0.2) is 14.2 Å². The Morgan fingerprint density at radius 1 is 1.23 bits per heavy atom. The highest BCUT2D eigenvalue weighted by atomic mass is 32.1. The first-order valence-electron chi connectivity index (χ1n) is 9.46. The molecule has 0 aliphatic heterocycles. The number of halogens is 1. The van der Waals surface area contributed by atoms with Crippen molar-refractivity contribution in [3.8, 4) is 17.3 Å². The van der Waals surface area contributed by atoms with E-state index < -0.39 is 0 Å². The predicted octanol–water partition coefficient (Wildman–Crippen LogP) is 5.88. The fourth-order valence-electron chi connectivity index (χ4n) is 2.54. The van der Waals surface area contributed by atoms with Crippen LogP contribution >= 0.6 is 11.3 Å². The van der Waals surface area contributed by atoms with E-state index >= 15 is 0 Å². The van der Waals surface area contributed by atoms with Gasteiger partial charge in [0.15, 0.2) is 0 Å². The number of hydrogen-bond donors (Lipinski definition) is 1. The van der Waals surface area contributed by atoms with Gasteiger partial charge in [-0.1, -0.05) is 13.3 Å². The normalized spacial score (nSPS) is 11.0. The second-order valence-corrected chi connectivity index (χ2v) is 7.28. The highest BCUT2D eigenvalue weighted by molar-refractivity contribution is 7.11. The average Bonchev–Trinajstić information content (AvgIpc) is 3.25. The van der Waals surface area contributed by atoms with Crippen LogP contribution in [-0.2, 0) is 4.74 Å². The summed E-state index contributed by atoms with van der Waals surface area (Å²) in [6.45, 7) is 2.45. The molecule has 1 N–H and O–H groups in total. The van der Waals surface area contributed by atoms with Gasteiger partial charge in [-0.3, -0.25) is 0 Å². The van der Waals surface area contributed by atoms with Gasteiger partial charge in [-0.15, -0.1) is 11.3 Å². The SMILES string of the molecule is CCCCOC(=O)c1ccc(N/C=C(\C#N)c2nc(-c3ccc(F)cc3)cs2)cc1. The van der Waals surface area contributed by atoms with E-state index in [0.717, 1.165) is 24.1 Å². The minimum Gasteiger partial charge on any atom is -0.462 e. The Hall–Kier alpha value is -3.50. The Labute approximate surface area is 178 Å². The van der Waals surface area contributed by atoms with E-state index in [4.69, 9.17) is 4.74 Å². The van der Waals surface area contributed by atoms with Gasteiger partial charge in [0.1, 0.15) is 22.5 Å². The molecule has 0 aliphatic rings. The molecule has 5 nitrogen and oxygen atoms in total. The Morgan fingerprint density at radius 2 is 1.97 bits per heavy atom. The lowest BCUT2D eigenvalue weighted by Gasteiger charge is -2.05. The molecule has 0 bridgehead atoms. The number of benzene rings is 2. The second kappa shape index (κ2) is 10.3. The van der Waals surface area contributed by atoms with E-state index in [-0.39, 0.29) is 11.8 Å². The highest BCUT2D eigenvalue weighted by Gasteiger charge is 2.10. The summed E-state index contributed by atoms with van der Waals surface area (Å²) in [6, 6.07) is 15.0. The van der Waals surface area contributed by atoms with E-state index in [0.29, 0.717) is 28.4 Å². The van der Waals surface area contributed by atoms with Crippen molar-refractivity contribution in [3.63, 3.8) is 0 Å². The quantitative estimate of drug-likeness (QED) is 0.279. The van der Waals surface area contributed by atoms with E-state index in [1.165, 1.54) is 23.5 Å². The lowest BCUT2D eigenvalue weighted by molar-refractivity contribution is 0.0500. The second-order valence-electron chi connectivity index (χ2n) is 6.43. The van der Waals surface area contributed by atoms with E-state index in [2.05, 4.69) is 16.4 Å². The molecule has 0 spiro atoms. The Kier molecular flexibility index (Phi) is 7.30. The van der Waals surface area contributed by atoms with Crippen LogP contribution in [0.3, 0.4) is 0 Å². The van der Waals surface area contributed by atoms with Gasteiger partial charge in [0.25, 0.3) is 0 Å². The lowest BCUT2D eigenvalue weighted by atomic mass is 10.2. The van der Waals surface area contributed by atoms with Crippen molar-refractivity contribution in [1.29, 1.82) is 5.26 Å². The number of rotatable bonds is 8. The van der Waals surface area contributed by atoms with Crippen molar-refractivity contribution in [2.45, 2.75) is 19.8 Å². The summed E-state index contributed by atoms with van der Waals surface area (Å²) in [4.78, 5) is 16.4. The summed E-state index contributed by atoms with van der Waals surface area (Å²) in [5, 5.41) is 14.9. The highest BCUT2D eigenvalue weighted by Crippen LogP contribution is 2.26. The average molecular weight is 421 g/mol. The third-order valence-electron chi connectivity index (χ3n) is 4.23. The maximum atomic E-state index is 13.1. The molecule has 7 heteroatoms. The van der Waals surface area contributed by atoms with Crippen LogP contribution in [0.2, 0.25) is 0 Å². The van der Waals surface area contributed by atoms with Crippen molar-refractivity contribution in [3.05, 3.63) is 76.5 Å². The molecule has 2 aromatic carbocycles. The first kappa shape index (κ1) is 21.2. The monoisotopic (exact) mass is 421 g/mol. The number of carbonyl (C=O) groups is 1. The molecule has 30 heavy (non-hydrogen) atoms. The maximum absolute atomic E-state index is 13.1. The van der Waals surface area contributed by atoms with Crippen molar-refractivity contribution < 1.29 is 13.9 Å². The van der Waals surface area contributed by atoms with Crippen LogP contribution < -0.4 is 5.32 Å². The number of anilines is 1. The molecule has 3 rings (SSSR count). The molecule has 0 atom stereocenters. The fourth-order valence-corrected chi connectivity index (χ4v) is 3.34. The molecule has 0 aliphatic carbocycles. The molecule has 152 valence electrons. The van der Waals surface area contributed by atoms with Crippen LogP contribution in [0.1, 0.15) is 35.1 Å². The summed E-state index contributed by atoms with van der Waals surface area (Å²) in [6.07, 6.45) is 3.38. The summed E-state index contributed by atoms with van der Waals surface area (Å²) < 4.78 is 18.3. The van der Waals surface area contributed by atoms with E-state index in [1.54, 1.807) is 42.6 Å². The molecule has 1 heterocycles. The molecular formula is C23H20FN3O2S. The van der Waals surface area contributed by atoms with Crippen molar-refractivity contribution >= 4 is 28.6 Å². The zero-order valence-electron chi connectivity index (χ0n) is 16.4. The molecule has 1 aromatic heterocycles. The summed E-state index contributed by atoms with van der Waals surface area (Å²) in [5.41, 5.74) is 3.04. The summed E-state index contributed by atoms with van der Waals surface area (Å²) >= 11 is 1.34. The van der Waals surface area contributed by atoms with Crippen molar-refractivity contribution in [1.82, 2.24) is 4.98 Å². The van der Waals surface area contributed by atoms with Crippen LogP contribution in [0.4, 0.5) is 10.1 Å². The predicted molar refractivity (Wildman–Crippen MR) is 116 cm³/mol. The number of thiazole rings is 1. The van der Waals surface area contributed by atoms with E-state index in [9.17, 15) is 14.4 Å². The minimum absolute atomic E-state index is 0.309. The standard InChI is InChI=1S/C23H20FN3O2S/c1-2-3-12-29-23(28)17-6-10-20(11-7-17)26-14-18(13-25)22-27-21(15-30-22)16-4-8-19(24)9-5-16/h4-11,14-15,26H,2-3,12H2,1H3/b18-14+. The number of esters is 1. The van der Waals surface area contributed by atoms with Crippen LogP contribution in [0.5, 0.6) is 0 Å². The molecule has 0 amide bonds. The molecule has 0 radical (unpaired) electrons. The lowest BCUT2D eigenvalue weighted by Crippen LogP contribution is -2.06. The molecule has 0 saturated heterocycles. The summed E-state index contributed by atoms with van der Waals surface area (Å²) in [5.74, 6) is -0.657. The van der Waals surface area contributed by atoms with Crippen molar-refractivity contribution in [2.75, 3.05) is 11.9 Å². The van der Waals surface area contributed by atoms with Gasteiger partial charge in [0.05, 0.1) is 17.9 Å². The first-order valence-corrected chi connectivity index (χ1v) is 10.3. The molecule has 3 aromatic rings. The molecule has 0 saturated carbocycles. The van der Waals surface area contributed by atoms with Crippen LogP contribution in [-0.4, -0.2) is 17.6 Å².